The summed E-state index contributed by atoms with van der Waals surface area (Å²) in [5.41, 5.74) is 5.88. The summed E-state index contributed by atoms with van der Waals surface area (Å²) in [5, 5.41) is 2.94. The van der Waals surface area contributed by atoms with Gasteiger partial charge in [0.2, 0.25) is 0 Å². The summed E-state index contributed by atoms with van der Waals surface area (Å²) in [7, 11) is 1.71. The summed E-state index contributed by atoms with van der Waals surface area (Å²) in [6, 6.07) is 16.1. The van der Waals surface area contributed by atoms with Gasteiger partial charge in [-0.2, -0.15) is 0 Å². The van der Waals surface area contributed by atoms with Crippen molar-refractivity contribution < 1.29 is 14.3 Å². The van der Waals surface area contributed by atoms with Crippen LogP contribution in [0.5, 0.6) is 5.75 Å². The van der Waals surface area contributed by atoms with Gasteiger partial charge in [0, 0.05) is 23.7 Å². The highest BCUT2D eigenvalue weighted by atomic mass is 16.5. The predicted octanol–water partition coefficient (Wildman–Crippen LogP) is 5.38. The van der Waals surface area contributed by atoms with Gasteiger partial charge in [-0.15, -0.1) is 0 Å². The van der Waals surface area contributed by atoms with Crippen LogP contribution in [0.3, 0.4) is 0 Å². The second-order valence-electron chi connectivity index (χ2n) is 9.13. The number of nitrogens with zero attached hydrogens (tertiary/aromatic N) is 1. The first-order chi connectivity index (χ1) is 16.2. The third-order valence-electron chi connectivity index (χ3n) is 6.99. The van der Waals surface area contributed by atoms with E-state index in [4.69, 9.17) is 14.5 Å². The normalized spacial score (nSPS) is 19.3. The molecular weight excluding hydrogens is 414 g/mol. The first-order valence-corrected chi connectivity index (χ1v) is 11.9. The number of alkyl carbamates (subject to hydrolysis) is 1. The molecule has 172 valence electrons. The number of rotatable bonds is 6. The van der Waals surface area contributed by atoms with E-state index >= 15 is 0 Å². The number of imidazole rings is 1. The van der Waals surface area contributed by atoms with Crippen molar-refractivity contribution in [1.29, 1.82) is 0 Å². The first kappa shape index (κ1) is 21.6. The molecule has 0 radical (unpaired) electrons. The quantitative estimate of drug-likeness (QED) is 0.534. The van der Waals surface area contributed by atoms with Gasteiger partial charge >= 0.3 is 6.09 Å². The lowest BCUT2D eigenvalue weighted by Crippen LogP contribution is -2.31. The van der Waals surface area contributed by atoms with Crippen LogP contribution in [0.2, 0.25) is 0 Å². The number of H-pyrrole nitrogens is 1. The number of carbonyl (C=O) groups is 1. The number of hydrogen-bond acceptors (Lipinski definition) is 4. The van der Waals surface area contributed by atoms with Gasteiger partial charge in [0.05, 0.1) is 12.8 Å². The van der Waals surface area contributed by atoms with Crippen molar-refractivity contribution in [1.82, 2.24) is 15.3 Å². The van der Waals surface area contributed by atoms with Gasteiger partial charge < -0.3 is 19.8 Å². The Balaban J connectivity index is 1.13. The van der Waals surface area contributed by atoms with Crippen molar-refractivity contribution in [3.8, 4) is 17.0 Å². The zero-order valence-electron chi connectivity index (χ0n) is 19.1. The zero-order chi connectivity index (χ0) is 22.6. The molecule has 2 N–H and O–H groups in total. The van der Waals surface area contributed by atoms with Crippen LogP contribution >= 0.6 is 0 Å². The average molecular weight is 446 g/mol. The molecule has 0 saturated heterocycles. The molecule has 0 bridgehead atoms. The molecule has 1 amide bonds. The van der Waals surface area contributed by atoms with Crippen LogP contribution < -0.4 is 10.1 Å². The van der Waals surface area contributed by atoms with E-state index < -0.39 is 0 Å². The lowest BCUT2D eigenvalue weighted by atomic mass is 9.81. The van der Waals surface area contributed by atoms with Gasteiger partial charge in [-0.25, -0.2) is 9.78 Å². The Morgan fingerprint density at radius 1 is 1.09 bits per heavy atom. The van der Waals surface area contributed by atoms with Crippen molar-refractivity contribution in [3.05, 3.63) is 71.2 Å². The Labute approximate surface area is 194 Å². The third kappa shape index (κ3) is 4.90. The van der Waals surface area contributed by atoms with Crippen LogP contribution in [0.1, 0.15) is 54.2 Å². The Morgan fingerprint density at radius 3 is 2.70 bits per heavy atom. The van der Waals surface area contributed by atoms with Crippen LogP contribution in [-0.4, -0.2) is 29.7 Å². The van der Waals surface area contributed by atoms with Crippen LogP contribution in [0.4, 0.5) is 4.79 Å². The minimum atomic E-state index is -0.339. The molecule has 2 aliphatic rings. The fraction of sp³-hybridized carbons (Fsp3) is 0.407. The van der Waals surface area contributed by atoms with Crippen molar-refractivity contribution in [2.24, 2.45) is 5.92 Å². The highest BCUT2D eigenvalue weighted by Crippen LogP contribution is 2.39. The molecule has 3 aromatic rings. The number of aromatic amines is 1. The number of aromatic nitrogens is 2. The molecule has 6 heteroatoms. The second kappa shape index (κ2) is 9.69. The van der Waals surface area contributed by atoms with E-state index in [9.17, 15) is 4.79 Å². The first-order valence-electron chi connectivity index (χ1n) is 11.9. The molecule has 1 aromatic heterocycles. The van der Waals surface area contributed by atoms with Crippen molar-refractivity contribution in [3.63, 3.8) is 0 Å². The Bertz CT molecular complexity index is 1100. The zero-order valence-corrected chi connectivity index (χ0v) is 19.1. The minimum absolute atomic E-state index is 0.303. The number of ether oxygens (including phenoxy) is 2. The summed E-state index contributed by atoms with van der Waals surface area (Å²) in [5.74, 6) is 2.93. The molecular formula is C27H31N3O3. The summed E-state index contributed by atoms with van der Waals surface area (Å²) < 4.78 is 10.8. The molecule has 0 spiro atoms. The smallest absolute Gasteiger partial charge is 0.407 e. The average Bonchev–Trinajstić information content (AvgIpc) is 3.32. The summed E-state index contributed by atoms with van der Waals surface area (Å²) in [4.78, 5) is 20.7. The maximum Gasteiger partial charge on any atom is 0.407 e. The SMILES string of the molecule is COc1ccc2c(c1)-c1nc(C3CCC(CNC(=O)OCc4ccccc4)CC3)[nH]c1CC2. The van der Waals surface area contributed by atoms with Crippen LogP contribution in [-0.2, 0) is 24.2 Å². The fourth-order valence-electron chi connectivity index (χ4n) is 5.05. The van der Waals surface area contributed by atoms with Gasteiger partial charge in [-0.05, 0) is 67.7 Å². The van der Waals surface area contributed by atoms with E-state index in [0.29, 0.717) is 25.0 Å². The minimum Gasteiger partial charge on any atom is -0.497 e. The number of methoxy groups -OCH3 is 1. The number of hydrogen-bond donors (Lipinski definition) is 2. The maximum atomic E-state index is 12.0. The molecule has 0 aliphatic heterocycles. The Morgan fingerprint density at radius 2 is 1.91 bits per heavy atom. The molecule has 2 aromatic carbocycles. The van der Waals surface area contributed by atoms with Crippen LogP contribution in [0.25, 0.3) is 11.3 Å². The van der Waals surface area contributed by atoms with E-state index in [2.05, 4.69) is 22.4 Å². The maximum absolute atomic E-state index is 12.0. The van der Waals surface area contributed by atoms with Gasteiger partial charge in [-0.3, -0.25) is 0 Å². The summed E-state index contributed by atoms with van der Waals surface area (Å²) in [6.07, 6.45) is 6.04. The molecule has 1 fully saturated rings. The Hall–Kier alpha value is -3.28. The van der Waals surface area contributed by atoms with Crippen LogP contribution in [0, 0.1) is 5.92 Å². The summed E-state index contributed by atoms with van der Waals surface area (Å²) in [6.45, 7) is 0.972. The number of fused-ring (bicyclic) bond motifs is 3. The standard InChI is InChI=1S/C27H31N3O3/c1-32-22-13-11-20-12-14-24-25(23(20)15-22)30-26(29-24)21-9-7-18(8-10-21)16-28-27(31)33-17-19-5-3-2-4-6-19/h2-6,11,13,15,18,21H,7-10,12,14,16-17H2,1H3,(H,28,31)(H,29,30). The lowest BCUT2D eigenvalue weighted by Gasteiger charge is -2.27. The highest BCUT2D eigenvalue weighted by molar-refractivity contribution is 5.70. The number of amides is 1. The van der Waals surface area contributed by atoms with Gasteiger partial charge in [0.1, 0.15) is 18.2 Å². The summed E-state index contributed by atoms with van der Waals surface area (Å²) >= 11 is 0. The highest BCUT2D eigenvalue weighted by Gasteiger charge is 2.28. The number of carbonyl (C=O) groups excluding carboxylic acids is 1. The monoisotopic (exact) mass is 445 g/mol. The predicted molar refractivity (Wildman–Crippen MR) is 127 cm³/mol. The van der Waals surface area contributed by atoms with Crippen LogP contribution in [0.15, 0.2) is 48.5 Å². The molecule has 0 unspecified atom stereocenters. The van der Waals surface area contributed by atoms with Crippen molar-refractivity contribution in [2.45, 2.75) is 51.0 Å². The molecule has 33 heavy (non-hydrogen) atoms. The van der Waals surface area contributed by atoms with E-state index in [1.54, 1.807) is 7.11 Å². The molecule has 1 heterocycles. The lowest BCUT2D eigenvalue weighted by molar-refractivity contribution is 0.136. The van der Waals surface area contributed by atoms with E-state index in [-0.39, 0.29) is 6.09 Å². The third-order valence-corrected chi connectivity index (χ3v) is 6.99. The van der Waals surface area contributed by atoms with Crippen molar-refractivity contribution in [2.75, 3.05) is 13.7 Å². The number of benzene rings is 2. The van der Waals surface area contributed by atoms with Gasteiger partial charge in [0.25, 0.3) is 0 Å². The molecule has 6 nitrogen and oxygen atoms in total. The Kier molecular flexibility index (Phi) is 6.33. The molecule has 2 aliphatic carbocycles. The van der Waals surface area contributed by atoms with Gasteiger partial charge in [0.15, 0.2) is 0 Å². The molecule has 0 atom stereocenters. The van der Waals surface area contributed by atoms with Gasteiger partial charge in [-0.1, -0.05) is 36.4 Å². The molecule has 1 saturated carbocycles. The number of nitrogens with one attached hydrogen (secondary N) is 2. The van der Waals surface area contributed by atoms with E-state index in [1.165, 1.54) is 16.8 Å². The number of aryl methyl sites for hydroxylation is 2. The molecule has 5 rings (SSSR count). The second-order valence-corrected chi connectivity index (χ2v) is 9.13. The van der Waals surface area contributed by atoms with E-state index in [0.717, 1.165) is 61.4 Å². The van der Waals surface area contributed by atoms with Crippen molar-refractivity contribution >= 4 is 6.09 Å². The fourth-order valence-corrected chi connectivity index (χ4v) is 5.05. The largest absolute Gasteiger partial charge is 0.497 e. The van der Waals surface area contributed by atoms with E-state index in [1.807, 2.05) is 36.4 Å². The topological polar surface area (TPSA) is 76.2 Å².